The van der Waals surface area contributed by atoms with Gasteiger partial charge >= 0.3 is 0 Å². The molecule has 484 valence electrons. The van der Waals surface area contributed by atoms with Crippen LogP contribution >= 0.6 is 22.7 Å². The molecule has 6 heterocycles. The number of aliphatic imine (C=N–C) groups is 2. The van der Waals surface area contributed by atoms with Gasteiger partial charge in [0.1, 0.15) is 12.0 Å². The predicted molar refractivity (Wildman–Crippen MR) is 431 cm³/mol. The number of para-hydroxylation sites is 2. The Balaban J connectivity index is 0.599. The van der Waals surface area contributed by atoms with E-state index in [1.165, 1.54) is 101 Å². The van der Waals surface area contributed by atoms with Crippen LogP contribution in [0.1, 0.15) is 47.8 Å². The summed E-state index contributed by atoms with van der Waals surface area (Å²) in [6, 6.07) is 114. The van der Waals surface area contributed by atoms with Crippen LogP contribution in [0, 0.1) is 0 Å². The summed E-state index contributed by atoms with van der Waals surface area (Å²) in [6.07, 6.45) is -0.269. The molecular formula is C93H60N8S2. The third-order valence-corrected chi connectivity index (χ3v) is 23.4. The second kappa shape index (κ2) is 23.2. The highest BCUT2D eigenvalue weighted by molar-refractivity contribution is 7.26. The minimum absolute atomic E-state index is 0.175. The second-order valence-electron chi connectivity index (χ2n) is 27.5. The summed E-state index contributed by atoms with van der Waals surface area (Å²) in [5.41, 5.74) is 22.7. The van der Waals surface area contributed by atoms with Crippen LogP contribution in [0.5, 0.6) is 0 Å². The van der Waals surface area contributed by atoms with Crippen LogP contribution in [0.3, 0.4) is 0 Å². The number of fused-ring (bicyclic) bond motifs is 16. The molecule has 10 heteroatoms. The zero-order chi connectivity index (χ0) is 68.0. The summed E-state index contributed by atoms with van der Waals surface area (Å²) in [4.78, 5) is 26.0. The van der Waals surface area contributed by atoms with Crippen molar-refractivity contribution in [1.82, 2.24) is 29.4 Å². The van der Waals surface area contributed by atoms with Gasteiger partial charge in [-0.3, -0.25) is 0 Å². The third-order valence-electron chi connectivity index (χ3n) is 21.2. The lowest BCUT2D eigenvalue weighted by atomic mass is 9.81. The Morgan fingerprint density at radius 1 is 0.340 bits per heavy atom. The molecule has 103 heavy (non-hydrogen) atoms. The van der Waals surface area contributed by atoms with Gasteiger partial charge in [-0.1, -0.05) is 269 Å². The molecule has 0 saturated carbocycles. The molecule has 1 atom stereocenters. The molecule has 8 nitrogen and oxygen atoms in total. The van der Waals surface area contributed by atoms with Crippen molar-refractivity contribution >= 4 is 118 Å². The summed E-state index contributed by atoms with van der Waals surface area (Å²) in [5.74, 6) is 3.39. The number of nitrogens with one attached hydrogen (secondary N) is 1. The number of aromatic nitrogens is 5. The molecule has 0 saturated heterocycles. The van der Waals surface area contributed by atoms with Crippen LogP contribution in [-0.2, 0) is 5.41 Å². The first-order chi connectivity index (χ1) is 50.8. The van der Waals surface area contributed by atoms with Gasteiger partial charge in [0.25, 0.3) is 0 Å². The Bertz CT molecular complexity index is 6800. The smallest absolute Gasteiger partial charge is 0.164 e. The second-order valence-corrected chi connectivity index (χ2v) is 29.7. The normalized spacial score (nSPS) is 14.1. The van der Waals surface area contributed by atoms with Crippen LogP contribution in [-0.4, -0.2) is 35.8 Å². The van der Waals surface area contributed by atoms with Crippen molar-refractivity contribution < 1.29 is 0 Å². The number of hydrogen-bond donors (Lipinski definition) is 1. The molecule has 2 aliphatic rings. The fraction of sp³-hybridized carbons (Fsp3) is 0.0430. The molecule has 1 unspecified atom stereocenters. The van der Waals surface area contributed by atoms with E-state index in [1.54, 1.807) is 0 Å². The fourth-order valence-electron chi connectivity index (χ4n) is 16.4. The van der Waals surface area contributed by atoms with E-state index in [-0.39, 0.29) is 11.6 Å². The van der Waals surface area contributed by atoms with Gasteiger partial charge in [0.15, 0.2) is 23.3 Å². The predicted octanol–water partition coefficient (Wildman–Crippen LogP) is 23.9. The van der Waals surface area contributed by atoms with Crippen LogP contribution in [0.15, 0.2) is 325 Å². The average molecular weight is 1350 g/mol. The lowest BCUT2D eigenvalue weighted by molar-refractivity contribution is 0.664. The van der Waals surface area contributed by atoms with Crippen molar-refractivity contribution in [1.29, 1.82) is 0 Å². The first-order valence-corrected chi connectivity index (χ1v) is 36.6. The minimum atomic E-state index is -0.269. The average Bonchev–Trinajstić information content (AvgIpc) is 1.55. The summed E-state index contributed by atoms with van der Waals surface area (Å²) < 4.78 is 9.78. The van der Waals surface area contributed by atoms with Crippen LogP contribution in [0.25, 0.3) is 163 Å². The molecule has 0 radical (unpaired) electrons. The van der Waals surface area contributed by atoms with Gasteiger partial charge in [-0.2, -0.15) is 0 Å². The van der Waals surface area contributed by atoms with Gasteiger partial charge in [-0.15, -0.1) is 22.7 Å². The highest BCUT2D eigenvalue weighted by Crippen LogP contribution is 2.54. The standard InChI is InChI=1S/C93H60N8S2/c1-93(2)76-32-15-12-28-67(76)73-48-49-74-68-29-13-16-33-77(68)101(86(74)85(73)93)65-43-47-72-70-45-41-63(52-81(70)103-83(72)54-65)92-98-89(59-24-10-5-11-25-59)95-90(99-92)61-27-18-26-60(50-61)55-36-38-56(39-37-55)66-31-19-35-79-84(66)75-30-14-17-34-78(75)100(79)64-42-46-71-69-44-40-62(51-80(69)102-82(71)53-64)91-96-87(57-20-6-3-7-21-57)94-88(97-91)58-22-8-4-9-23-58/h3-54,87H,1-2H3,(H,94,96,97). The Kier molecular flexibility index (Phi) is 13.3. The lowest BCUT2D eigenvalue weighted by Gasteiger charge is -2.23. The van der Waals surface area contributed by atoms with E-state index in [4.69, 9.17) is 24.9 Å². The SMILES string of the molecule is CC1(C)c2ccccc2-c2ccc3c4ccccc4n(-c4ccc5c(c4)sc4cc(-c6nc(-c7ccccc7)nc(-c7cccc(-c8ccc(-c9cccc%10c9c9ccccc9n%10-c9ccc%10c(c9)sc9cc(C%11=NC(c%12ccccc%12)=NC(c%12ccccc%12)N%11)ccc9%10)cc8)c7)n6)ccc45)c3c21. The van der Waals surface area contributed by atoms with Gasteiger partial charge in [-0.25, -0.2) is 24.9 Å². The van der Waals surface area contributed by atoms with Crippen LogP contribution in [0.2, 0.25) is 0 Å². The number of amidine groups is 2. The zero-order valence-corrected chi connectivity index (χ0v) is 57.7. The van der Waals surface area contributed by atoms with Crippen molar-refractivity contribution in [2.75, 3.05) is 0 Å². The maximum Gasteiger partial charge on any atom is 0.164 e. The minimum Gasteiger partial charge on any atom is -0.344 e. The largest absolute Gasteiger partial charge is 0.344 e. The summed E-state index contributed by atoms with van der Waals surface area (Å²) >= 11 is 3.64. The van der Waals surface area contributed by atoms with Gasteiger partial charge in [-0.05, 0) is 111 Å². The molecule has 5 aromatic heterocycles. The van der Waals surface area contributed by atoms with Gasteiger partial charge < -0.3 is 14.5 Å². The van der Waals surface area contributed by atoms with E-state index in [1.807, 2.05) is 65.1 Å². The van der Waals surface area contributed by atoms with Gasteiger partial charge in [0.2, 0.25) is 0 Å². The summed E-state index contributed by atoms with van der Waals surface area (Å²) in [7, 11) is 0. The maximum absolute atomic E-state index is 5.32. The number of nitrogens with zero attached hydrogens (tertiary/aromatic N) is 7. The van der Waals surface area contributed by atoms with Crippen LogP contribution < -0.4 is 5.32 Å². The Labute approximate surface area is 601 Å². The Morgan fingerprint density at radius 2 is 0.835 bits per heavy atom. The van der Waals surface area contributed by atoms with Crippen molar-refractivity contribution in [3.63, 3.8) is 0 Å². The summed E-state index contributed by atoms with van der Waals surface area (Å²) in [6.45, 7) is 4.77. The number of thiophene rings is 2. The molecule has 21 rings (SSSR count). The highest BCUT2D eigenvalue weighted by Gasteiger charge is 2.38. The number of rotatable bonds is 10. The molecule has 14 aromatic carbocycles. The molecule has 19 aromatic rings. The highest BCUT2D eigenvalue weighted by atomic mass is 32.1. The lowest BCUT2D eigenvalue weighted by Crippen LogP contribution is -2.33. The van der Waals surface area contributed by atoms with Gasteiger partial charge in [0.05, 0.1) is 22.1 Å². The van der Waals surface area contributed by atoms with E-state index in [2.05, 4.69) is 301 Å². The fourth-order valence-corrected chi connectivity index (χ4v) is 18.7. The maximum atomic E-state index is 5.32. The third kappa shape index (κ3) is 9.52. The van der Waals surface area contributed by atoms with E-state index in [0.717, 1.165) is 78.3 Å². The van der Waals surface area contributed by atoms with E-state index >= 15 is 0 Å². The van der Waals surface area contributed by atoms with E-state index in [9.17, 15) is 0 Å². The van der Waals surface area contributed by atoms with Crippen molar-refractivity contribution in [2.24, 2.45) is 9.98 Å². The molecule has 0 amide bonds. The molecule has 1 aliphatic carbocycles. The number of benzene rings is 14. The topological polar surface area (TPSA) is 85.3 Å². The molecule has 0 spiro atoms. The van der Waals surface area contributed by atoms with Crippen molar-refractivity contribution in [3.8, 4) is 78.9 Å². The van der Waals surface area contributed by atoms with Gasteiger partial charge in [0, 0.05) is 106 Å². The number of hydrogen-bond acceptors (Lipinski definition) is 8. The van der Waals surface area contributed by atoms with E-state index < -0.39 is 0 Å². The molecular weight excluding hydrogens is 1290 g/mol. The van der Waals surface area contributed by atoms with Crippen LogP contribution in [0.4, 0.5) is 0 Å². The first-order valence-electron chi connectivity index (χ1n) is 35.0. The molecule has 1 N–H and O–H groups in total. The Hall–Kier alpha value is -12.7. The summed E-state index contributed by atoms with van der Waals surface area (Å²) in [5, 5.41) is 13.5. The quantitative estimate of drug-likeness (QED) is 0.148. The first kappa shape index (κ1) is 59.2. The zero-order valence-electron chi connectivity index (χ0n) is 56.0. The Morgan fingerprint density at radius 3 is 1.55 bits per heavy atom. The van der Waals surface area contributed by atoms with Crippen molar-refractivity contribution in [2.45, 2.75) is 25.4 Å². The monoisotopic (exact) mass is 1350 g/mol. The van der Waals surface area contributed by atoms with E-state index in [0.29, 0.717) is 23.3 Å². The molecule has 0 fully saturated rings. The molecule has 0 bridgehead atoms. The van der Waals surface area contributed by atoms with Crippen molar-refractivity contribution in [3.05, 3.63) is 343 Å². The molecule has 1 aliphatic heterocycles.